The fraction of sp³-hybridized carbons (Fsp3) is 0.417. The van der Waals surface area contributed by atoms with E-state index in [0.29, 0.717) is 6.42 Å². The molecule has 0 radical (unpaired) electrons. The normalized spacial score (nSPS) is 18.6. The van der Waals surface area contributed by atoms with Gasteiger partial charge in [-0.1, -0.05) is 18.5 Å². The van der Waals surface area contributed by atoms with Crippen LogP contribution in [0.4, 0.5) is 0 Å². The second kappa shape index (κ2) is 4.76. The summed E-state index contributed by atoms with van der Waals surface area (Å²) in [4.78, 5) is -0.0913. The first-order valence-electron chi connectivity index (χ1n) is 5.74. The number of hydrogen-bond donors (Lipinski definition) is 1. The van der Waals surface area contributed by atoms with Crippen LogP contribution < -0.4 is 0 Å². The van der Waals surface area contributed by atoms with Crippen molar-refractivity contribution in [1.29, 1.82) is 5.26 Å². The molecule has 0 spiro atoms. The Bertz CT molecular complexity index is 645. The first-order valence-corrected chi connectivity index (χ1v) is 7.56. The summed E-state index contributed by atoms with van der Waals surface area (Å²) >= 11 is 5.89. The molecule has 1 heterocycles. The molecule has 0 saturated carbocycles. The number of nitrogens with zero attached hydrogens (tertiary/aromatic N) is 2. The molecular formula is C12H13ClN2O3S. The molecule has 1 aromatic rings. The van der Waals surface area contributed by atoms with Crippen LogP contribution in [-0.2, 0) is 10.0 Å². The minimum atomic E-state index is -3.76. The number of rotatable bonds is 3. The number of halogens is 1. The van der Waals surface area contributed by atoms with Gasteiger partial charge in [-0.25, -0.2) is 8.42 Å². The van der Waals surface area contributed by atoms with E-state index in [-0.39, 0.29) is 28.6 Å². The lowest BCUT2D eigenvalue weighted by Crippen LogP contribution is -2.62. The van der Waals surface area contributed by atoms with Gasteiger partial charge in [-0.15, -0.1) is 0 Å². The molecule has 1 saturated heterocycles. The van der Waals surface area contributed by atoms with Gasteiger partial charge in [0.1, 0.15) is 4.90 Å². The van der Waals surface area contributed by atoms with E-state index in [2.05, 4.69) is 0 Å². The number of aliphatic hydroxyl groups is 1. The van der Waals surface area contributed by atoms with E-state index in [0.717, 1.165) is 0 Å². The highest BCUT2D eigenvalue weighted by atomic mass is 35.5. The molecule has 1 N–H and O–H groups in total. The molecule has 1 aliphatic rings. The molecule has 0 aliphatic carbocycles. The molecular weight excluding hydrogens is 288 g/mol. The third-order valence-corrected chi connectivity index (χ3v) is 5.55. The van der Waals surface area contributed by atoms with Crippen molar-refractivity contribution in [3.05, 3.63) is 28.8 Å². The molecule has 1 fully saturated rings. The average Bonchev–Trinajstić information content (AvgIpc) is 2.35. The van der Waals surface area contributed by atoms with Crippen molar-refractivity contribution in [2.45, 2.75) is 23.8 Å². The minimum Gasteiger partial charge on any atom is -0.387 e. The molecule has 1 aliphatic heterocycles. The van der Waals surface area contributed by atoms with E-state index >= 15 is 0 Å². The smallest absolute Gasteiger partial charge is 0.244 e. The first-order chi connectivity index (χ1) is 8.82. The summed E-state index contributed by atoms with van der Waals surface area (Å²) in [6.45, 7) is 1.91. The summed E-state index contributed by atoms with van der Waals surface area (Å²) < 4.78 is 25.8. The van der Waals surface area contributed by atoms with Crippen LogP contribution in [0.25, 0.3) is 0 Å². The van der Waals surface area contributed by atoms with Crippen LogP contribution in [0, 0.1) is 11.3 Å². The average molecular weight is 301 g/mol. The van der Waals surface area contributed by atoms with Crippen molar-refractivity contribution in [3.8, 4) is 6.07 Å². The monoisotopic (exact) mass is 300 g/mol. The highest BCUT2D eigenvalue weighted by molar-refractivity contribution is 7.89. The topological polar surface area (TPSA) is 81.4 Å². The van der Waals surface area contributed by atoms with E-state index < -0.39 is 15.6 Å². The van der Waals surface area contributed by atoms with Gasteiger partial charge >= 0.3 is 0 Å². The minimum absolute atomic E-state index is 0.0545. The summed E-state index contributed by atoms with van der Waals surface area (Å²) in [5.41, 5.74) is -0.721. The Morgan fingerprint density at radius 3 is 2.68 bits per heavy atom. The quantitative estimate of drug-likeness (QED) is 0.914. The summed E-state index contributed by atoms with van der Waals surface area (Å²) in [5, 5.41) is 18.8. The lowest BCUT2D eigenvalue weighted by molar-refractivity contribution is -0.0613. The number of β-amino-alcohol motifs (C(OH)–C–C–N with tert-alkyl or cyclic N) is 1. The van der Waals surface area contributed by atoms with Gasteiger partial charge in [0.15, 0.2) is 0 Å². The van der Waals surface area contributed by atoms with Crippen LogP contribution in [0.2, 0.25) is 5.02 Å². The van der Waals surface area contributed by atoms with Gasteiger partial charge in [0.05, 0.1) is 22.3 Å². The highest BCUT2D eigenvalue weighted by Crippen LogP contribution is 2.33. The van der Waals surface area contributed by atoms with Gasteiger partial charge in [0.25, 0.3) is 0 Å². The molecule has 2 rings (SSSR count). The van der Waals surface area contributed by atoms with Crippen LogP contribution in [0.1, 0.15) is 18.9 Å². The predicted molar refractivity (Wildman–Crippen MR) is 70.2 cm³/mol. The molecule has 0 bridgehead atoms. The third-order valence-electron chi connectivity index (χ3n) is 3.28. The van der Waals surface area contributed by atoms with Crippen LogP contribution >= 0.6 is 11.6 Å². The Kier molecular flexibility index (Phi) is 3.58. The van der Waals surface area contributed by atoms with Gasteiger partial charge in [-0.2, -0.15) is 9.57 Å². The fourth-order valence-corrected chi connectivity index (χ4v) is 4.01. The molecule has 5 nitrogen and oxygen atoms in total. The molecule has 0 amide bonds. The van der Waals surface area contributed by atoms with E-state index in [1.54, 1.807) is 6.92 Å². The van der Waals surface area contributed by atoms with E-state index in [9.17, 15) is 13.5 Å². The maximum absolute atomic E-state index is 12.3. The third kappa shape index (κ3) is 2.47. The van der Waals surface area contributed by atoms with Crippen molar-refractivity contribution >= 4 is 21.6 Å². The maximum Gasteiger partial charge on any atom is 0.244 e. The molecule has 1 aromatic carbocycles. The number of sulfonamides is 1. The molecule has 0 atom stereocenters. The lowest BCUT2D eigenvalue weighted by Gasteiger charge is -2.44. The Morgan fingerprint density at radius 1 is 1.53 bits per heavy atom. The Balaban J connectivity index is 2.35. The van der Waals surface area contributed by atoms with Crippen molar-refractivity contribution in [2.75, 3.05) is 13.1 Å². The van der Waals surface area contributed by atoms with Gasteiger partial charge in [0, 0.05) is 13.1 Å². The van der Waals surface area contributed by atoms with Crippen LogP contribution in [0.5, 0.6) is 0 Å². The zero-order valence-electron chi connectivity index (χ0n) is 10.3. The number of hydrogen-bond acceptors (Lipinski definition) is 4. The fourth-order valence-electron chi connectivity index (χ4n) is 1.91. The van der Waals surface area contributed by atoms with E-state index in [1.165, 1.54) is 22.5 Å². The maximum atomic E-state index is 12.3. The summed E-state index contributed by atoms with van der Waals surface area (Å²) in [6, 6.07) is 5.97. The van der Waals surface area contributed by atoms with Crippen molar-refractivity contribution in [3.63, 3.8) is 0 Å². The molecule has 0 aromatic heterocycles. The highest BCUT2D eigenvalue weighted by Gasteiger charge is 2.46. The second-order valence-corrected chi connectivity index (χ2v) is 6.92. The second-order valence-electron chi connectivity index (χ2n) is 4.61. The Labute approximate surface area is 117 Å². The lowest BCUT2D eigenvalue weighted by atomic mass is 9.94. The van der Waals surface area contributed by atoms with Crippen molar-refractivity contribution < 1.29 is 13.5 Å². The van der Waals surface area contributed by atoms with Gasteiger partial charge in [-0.3, -0.25) is 0 Å². The summed E-state index contributed by atoms with van der Waals surface area (Å²) in [7, 11) is -3.76. The number of benzene rings is 1. The zero-order valence-corrected chi connectivity index (χ0v) is 11.9. The SMILES string of the molecule is CCC1(O)CN(S(=O)(=O)c2cc(C#N)ccc2Cl)C1. The van der Waals surface area contributed by atoms with E-state index in [1.807, 2.05) is 6.07 Å². The summed E-state index contributed by atoms with van der Waals surface area (Å²) in [6.07, 6.45) is 0.491. The summed E-state index contributed by atoms with van der Waals surface area (Å²) in [5.74, 6) is 0. The molecule has 7 heteroatoms. The number of nitriles is 1. The van der Waals surface area contributed by atoms with Crippen LogP contribution in [-0.4, -0.2) is 36.5 Å². The predicted octanol–water partition coefficient (Wildman–Crippen LogP) is 1.36. The van der Waals surface area contributed by atoms with E-state index in [4.69, 9.17) is 16.9 Å². The van der Waals surface area contributed by atoms with Crippen molar-refractivity contribution in [2.24, 2.45) is 0 Å². The largest absolute Gasteiger partial charge is 0.387 e. The molecule has 102 valence electrons. The zero-order chi connectivity index (χ0) is 14.3. The van der Waals surface area contributed by atoms with Gasteiger partial charge in [0.2, 0.25) is 10.0 Å². The van der Waals surface area contributed by atoms with Gasteiger partial charge < -0.3 is 5.11 Å². The Hall–Kier alpha value is -1.13. The van der Waals surface area contributed by atoms with Crippen molar-refractivity contribution in [1.82, 2.24) is 4.31 Å². The Morgan fingerprint density at radius 2 is 2.16 bits per heavy atom. The van der Waals surface area contributed by atoms with Gasteiger partial charge in [-0.05, 0) is 24.6 Å². The first kappa shape index (κ1) is 14.3. The van der Waals surface area contributed by atoms with Crippen LogP contribution in [0.3, 0.4) is 0 Å². The van der Waals surface area contributed by atoms with Crippen LogP contribution in [0.15, 0.2) is 23.1 Å². The molecule has 0 unspecified atom stereocenters. The molecule has 19 heavy (non-hydrogen) atoms. The standard InChI is InChI=1S/C12H13ClN2O3S/c1-2-12(16)7-15(8-12)19(17,18)11-5-9(6-14)3-4-10(11)13/h3-5,16H,2,7-8H2,1H3.